The van der Waals surface area contributed by atoms with Crippen LogP contribution in [0.5, 0.6) is 0 Å². The van der Waals surface area contributed by atoms with E-state index in [1.165, 1.54) is 16.8 Å². The summed E-state index contributed by atoms with van der Waals surface area (Å²) < 4.78 is 14.1. The van der Waals surface area contributed by atoms with Gasteiger partial charge in [0.05, 0.1) is 15.2 Å². The lowest BCUT2D eigenvalue weighted by Crippen LogP contribution is -2.14. The Balaban J connectivity index is 1.87. The van der Waals surface area contributed by atoms with Gasteiger partial charge in [0.25, 0.3) is 0 Å². The van der Waals surface area contributed by atoms with Crippen LogP contribution < -0.4 is 5.73 Å². The number of nitrogens with zero attached hydrogens (tertiary/aromatic N) is 1. The molecule has 0 spiro atoms. The fraction of sp³-hybridized carbons (Fsp3) is 0.188. The molecule has 1 atom stereocenters. The summed E-state index contributed by atoms with van der Waals surface area (Å²) in [4.78, 5) is 4.66. The van der Waals surface area contributed by atoms with Crippen molar-refractivity contribution >= 4 is 21.6 Å². The Bertz CT molecular complexity index is 673. The second-order valence-corrected chi connectivity index (χ2v) is 5.85. The average molecular weight is 286 g/mol. The van der Waals surface area contributed by atoms with E-state index in [2.05, 4.69) is 11.1 Å². The number of fused-ring (bicyclic) bond motifs is 1. The second-order valence-electron chi connectivity index (χ2n) is 4.78. The highest BCUT2D eigenvalue weighted by Crippen LogP contribution is 2.29. The van der Waals surface area contributed by atoms with Crippen molar-refractivity contribution in [2.75, 3.05) is 6.54 Å². The largest absolute Gasteiger partial charge is 0.330 e. The second kappa shape index (κ2) is 5.69. The number of thiazole rings is 1. The molecule has 102 valence electrons. The molecule has 4 heteroatoms. The zero-order valence-corrected chi connectivity index (χ0v) is 11.7. The van der Waals surface area contributed by atoms with Crippen LogP contribution in [0.2, 0.25) is 0 Å². The van der Waals surface area contributed by atoms with E-state index in [-0.39, 0.29) is 11.7 Å². The summed E-state index contributed by atoms with van der Waals surface area (Å²) in [6.45, 7) is 0.539. The van der Waals surface area contributed by atoms with Crippen molar-refractivity contribution in [3.8, 4) is 0 Å². The van der Waals surface area contributed by atoms with Crippen molar-refractivity contribution in [3.05, 3.63) is 64.9 Å². The molecule has 2 nitrogen and oxygen atoms in total. The first-order valence-corrected chi connectivity index (χ1v) is 7.38. The van der Waals surface area contributed by atoms with Gasteiger partial charge in [-0.1, -0.05) is 24.3 Å². The van der Waals surface area contributed by atoms with Gasteiger partial charge >= 0.3 is 0 Å². The maximum atomic E-state index is 12.9. The first-order chi connectivity index (χ1) is 9.76. The Morgan fingerprint density at radius 3 is 2.55 bits per heavy atom. The maximum absolute atomic E-state index is 12.9. The molecule has 0 fully saturated rings. The Morgan fingerprint density at radius 1 is 1.10 bits per heavy atom. The molecule has 2 aromatic carbocycles. The SMILES string of the molecule is NCC(Cc1ccc(F)cc1)c1nc2ccccc2s1. The normalized spacial score (nSPS) is 12.7. The maximum Gasteiger partial charge on any atom is 0.123 e. The van der Waals surface area contributed by atoms with Crippen LogP contribution in [-0.2, 0) is 6.42 Å². The van der Waals surface area contributed by atoms with Crippen LogP contribution in [0.15, 0.2) is 48.5 Å². The third kappa shape index (κ3) is 2.71. The van der Waals surface area contributed by atoms with Crippen LogP contribution in [0.25, 0.3) is 10.2 Å². The van der Waals surface area contributed by atoms with Crippen LogP contribution in [0.1, 0.15) is 16.5 Å². The lowest BCUT2D eigenvalue weighted by molar-refractivity contribution is 0.625. The Labute approximate surface area is 121 Å². The van der Waals surface area contributed by atoms with Crippen molar-refractivity contribution in [2.24, 2.45) is 5.73 Å². The Hall–Kier alpha value is -1.78. The predicted molar refractivity (Wildman–Crippen MR) is 81.5 cm³/mol. The van der Waals surface area contributed by atoms with Crippen molar-refractivity contribution in [1.82, 2.24) is 4.98 Å². The molecule has 0 saturated carbocycles. The van der Waals surface area contributed by atoms with Gasteiger partial charge in [0.1, 0.15) is 5.82 Å². The molecular weight excluding hydrogens is 271 g/mol. The summed E-state index contributed by atoms with van der Waals surface area (Å²) in [7, 11) is 0. The van der Waals surface area contributed by atoms with Gasteiger partial charge in [-0.25, -0.2) is 9.37 Å². The summed E-state index contributed by atoms with van der Waals surface area (Å²) in [5.41, 5.74) is 8.00. The van der Waals surface area contributed by atoms with Gasteiger partial charge in [0.2, 0.25) is 0 Å². The van der Waals surface area contributed by atoms with E-state index < -0.39 is 0 Å². The highest BCUT2D eigenvalue weighted by atomic mass is 32.1. The van der Waals surface area contributed by atoms with Gasteiger partial charge in [-0.2, -0.15) is 0 Å². The smallest absolute Gasteiger partial charge is 0.123 e. The van der Waals surface area contributed by atoms with E-state index in [4.69, 9.17) is 5.73 Å². The molecule has 1 heterocycles. The van der Waals surface area contributed by atoms with Crippen LogP contribution in [0.3, 0.4) is 0 Å². The monoisotopic (exact) mass is 286 g/mol. The number of hydrogen-bond donors (Lipinski definition) is 1. The van der Waals surface area contributed by atoms with Gasteiger partial charge in [-0.05, 0) is 36.2 Å². The van der Waals surface area contributed by atoms with Crippen LogP contribution in [0, 0.1) is 5.82 Å². The number of benzene rings is 2. The van der Waals surface area contributed by atoms with Gasteiger partial charge in [-0.3, -0.25) is 0 Å². The van der Waals surface area contributed by atoms with E-state index >= 15 is 0 Å². The molecule has 3 rings (SSSR count). The molecule has 1 unspecified atom stereocenters. The summed E-state index contributed by atoms with van der Waals surface area (Å²) in [5.74, 6) is -0.0316. The molecule has 1 aromatic heterocycles. The zero-order valence-electron chi connectivity index (χ0n) is 10.9. The first-order valence-electron chi connectivity index (χ1n) is 6.56. The quantitative estimate of drug-likeness (QED) is 0.794. The standard InChI is InChI=1S/C16H15FN2S/c17-13-7-5-11(6-8-13)9-12(10-18)16-19-14-3-1-2-4-15(14)20-16/h1-8,12H,9-10,18H2. The number of para-hydroxylation sites is 1. The van der Waals surface area contributed by atoms with Crippen molar-refractivity contribution in [1.29, 1.82) is 0 Å². The van der Waals surface area contributed by atoms with Crippen molar-refractivity contribution in [2.45, 2.75) is 12.3 Å². The number of rotatable bonds is 4. The number of halogens is 1. The highest BCUT2D eigenvalue weighted by Gasteiger charge is 2.15. The molecule has 0 bridgehead atoms. The molecule has 0 aliphatic rings. The number of aromatic nitrogens is 1. The van der Waals surface area contributed by atoms with Gasteiger partial charge in [0, 0.05) is 12.5 Å². The van der Waals surface area contributed by atoms with Gasteiger partial charge in [-0.15, -0.1) is 11.3 Å². The molecule has 3 aromatic rings. The topological polar surface area (TPSA) is 38.9 Å². The van der Waals surface area contributed by atoms with E-state index in [9.17, 15) is 4.39 Å². The van der Waals surface area contributed by atoms with Crippen LogP contribution >= 0.6 is 11.3 Å². The molecule has 0 radical (unpaired) electrons. The van der Waals surface area contributed by atoms with E-state index in [1.807, 2.05) is 30.3 Å². The lowest BCUT2D eigenvalue weighted by Gasteiger charge is -2.11. The summed E-state index contributed by atoms with van der Waals surface area (Å²) >= 11 is 1.69. The highest BCUT2D eigenvalue weighted by molar-refractivity contribution is 7.18. The predicted octanol–water partition coefficient (Wildman–Crippen LogP) is 3.72. The van der Waals surface area contributed by atoms with E-state index in [0.29, 0.717) is 6.54 Å². The van der Waals surface area contributed by atoms with Crippen molar-refractivity contribution in [3.63, 3.8) is 0 Å². The molecule has 0 aliphatic heterocycles. The minimum atomic E-state index is -0.210. The minimum absolute atomic E-state index is 0.179. The molecule has 0 aliphatic carbocycles. The third-order valence-electron chi connectivity index (χ3n) is 3.34. The van der Waals surface area contributed by atoms with E-state index in [0.717, 1.165) is 22.5 Å². The molecule has 20 heavy (non-hydrogen) atoms. The van der Waals surface area contributed by atoms with E-state index in [1.54, 1.807) is 11.3 Å². The lowest BCUT2D eigenvalue weighted by atomic mass is 10.00. The molecular formula is C16H15FN2S. The molecule has 0 amide bonds. The molecule has 2 N–H and O–H groups in total. The Morgan fingerprint density at radius 2 is 1.85 bits per heavy atom. The van der Waals surface area contributed by atoms with Crippen LogP contribution in [0.4, 0.5) is 4.39 Å². The number of hydrogen-bond acceptors (Lipinski definition) is 3. The van der Waals surface area contributed by atoms with Crippen LogP contribution in [-0.4, -0.2) is 11.5 Å². The number of nitrogens with two attached hydrogens (primary N) is 1. The summed E-state index contributed by atoms with van der Waals surface area (Å²) in [5, 5.41) is 1.05. The minimum Gasteiger partial charge on any atom is -0.330 e. The fourth-order valence-electron chi connectivity index (χ4n) is 2.24. The third-order valence-corrected chi connectivity index (χ3v) is 4.54. The Kier molecular flexibility index (Phi) is 3.76. The average Bonchev–Trinajstić information content (AvgIpc) is 2.90. The molecule has 0 saturated heterocycles. The first kappa shape index (κ1) is 13.2. The zero-order chi connectivity index (χ0) is 13.9. The fourth-order valence-corrected chi connectivity index (χ4v) is 3.32. The summed E-state index contributed by atoms with van der Waals surface area (Å²) in [6, 6.07) is 14.7. The van der Waals surface area contributed by atoms with Gasteiger partial charge < -0.3 is 5.73 Å². The van der Waals surface area contributed by atoms with Gasteiger partial charge in [0.15, 0.2) is 0 Å². The summed E-state index contributed by atoms with van der Waals surface area (Å²) in [6.07, 6.45) is 0.788. The van der Waals surface area contributed by atoms with Crippen molar-refractivity contribution < 1.29 is 4.39 Å².